The quantitative estimate of drug-likeness (QED) is 0.553. The first-order chi connectivity index (χ1) is 14.0. The molecule has 0 saturated carbocycles. The summed E-state index contributed by atoms with van der Waals surface area (Å²) in [4.78, 5) is 16.8. The van der Waals surface area contributed by atoms with Gasteiger partial charge in [0.05, 0.1) is 19.4 Å². The summed E-state index contributed by atoms with van der Waals surface area (Å²) < 4.78 is 5.11. The number of benzene rings is 2. The Morgan fingerprint density at radius 1 is 1.10 bits per heavy atom. The lowest BCUT2D eigenvalue weighted by atomic mass is 10.1. The molecule has 2 aromatic carbocycles. The Morgan fingerprint density at radius 3 is 2.48 bits per heavy atom. The molecular weight excluding hydrogens is 368 g/mol. The van der Waals surface area contributed by atoms with E-state index in [-0.39, 0.29) is 11.7 Å². The van der Waals surface area contributed by atoms with Gasteiger partial charge < -0.3 is 9.84 Å². The molecule has 2 N–H and O–H groups in total. The van der Waals surface area contributed by atoms with E-state index in [1.54, 1.807) is 25.1 Å². The number of phenols is 1. The van der Waals surface area contributed by atoms with Gasteiger partial charge in [-0.1, -0.05) is 30.3 Å². The summed E-state index contributed by atoms with van der Waals surface area (Å²) in [5.41, 5.74) is 5.35. The van der Waals surface area contributed by atoms with Gasteiger partial charge in [-0.2, -0.15) is 5.10 Å². The highest BCUT2D eigenvalue weighted by molar-refractivity contribution is 5.99. The maximum atomic E-state index is 12.3. The molecule has 3 rings (SSSR count). The molecule has 0 unspecified atom stereocenters. The number of hydrogen-bond donors (Lipinski definition) is 2. The number of amides is 1. The first kappa shape index (κ1) is 20.8. The van der Waals surface area contributed by atoms with E-state index in [0.717, 1.165) is 38.3 Å². The van der Waals surface area contributed by atoms with E-state index < -0.39 is 0 Å². The van der Waals surface area contributed by atoms with Crippen LogP contribution >= 0.6 is 0 Å². The van der Waals surface area contributed by atoms with E-state index in [9.17, 15) is 9.90 Å². The van der Waals surface area contributed by atoms with Crippen LogP contribution in [0.1, 0.15) is 18.1 Å². The van der Waals surface area contributed by atoms with Gasteiger partial charge in [0.15, 0.2) is 11.5 Å². The largest absolute Gasteiger partial charge is 0.504 e. The average Bonchev–Trinajstić information content (AvgIpc) is 2.74. The maximum absolute atomic E-state index is 12.3. The lowest BCUT2D eigenvalue weighted by Gasteiger charge is -2.34. The molecule has 7 nitrogen and oxygen atoms in total. The van der Waals surface area contributed by atoms with Gasteiger partial charge in [-0.3, -0.25) is 14.6 Å². The van der Waals surface area contributed by atoms with Crippen LogP contribution in [0, 0.1) is 0 Å². The minimum absolute atomic E-state index is 0.0690. The second-order valence-corrected chi connectivity index (χ2v) is 7.16. The summed E-state index contributed by atoms with van der Waals surface area (Å²) in [5.74, 6) is 0.308. The van der Waals surface area contributed by atoms with Crippen LogP contribution in [0.15, 0.2) is 53.6 Å². The van der Waals surface area contributed by atoms with Gasteiger partial charge in [0.1, 0.15) is 0 Å². The molecule has 0 atom stereocenters. The zero-order valence-electron chi connectivity index (χ0n) is 17.0. The molecule has 7 heteroatoms. The molecule has 0 bridgehead atoms. The fourth-order valence-corrected chi connectivity index (χ4v) is 3.30. The second kappa shape index (κ2) is 10.0. The molecule has 1 heterocycles. The van der Waals surface area contributed by atoms with Gasteiger partial charge in [-0.15, -0.1) is 0 Å². The molecule has 1 aliphatic rings. The Balaban J connectivity index is 1.44. The smallest absolute Gasteiger partial charge is 0.254 e. The lowest BCUT2D eigenvalue weighted by molar-refractivity contribution is -0.122. The number of phenolic OH excluding ortho intramolecular Hbond substituents is 1. The average molecular weight is 396 g/mol. The molecule has 1 saturated heterocycles. The minimum atomic E-state index is -0.133. The first-order valence-electron chi connectivity index (χ1n) is 9.74. The number of piperazine rings is 1. The number of rotatable bonds is 7. The Labute approximate surface area is 171 Å². The fourth-order valence-electron chi connectivity index (χ4n) is 3.30. The maximum Gasteiger partial charge on any atom is 0.254 e. The van der Waals surface area contributed by atoms with E-state index in [1.165, 1.54) is 12.7 Å². The summed E-state index contributed by atoms with van der Waals surface area (Å²) in [6, 6.07) is 15.4. The van der Waals surface area contributed by atoms with Crippen LogP contribution in [0.2, 0.25) is 0 Å². The predicted molar refractivity (Wildman–Crippen MR) is 113 cm³/mol. The van der Waals surface area contributed by atoms with Crippen LogP contribution < -0.4 is 10.2 Å². The van der Waals surface area contributed by atoms with Gasteiger partial charge in [0.25, 0.3) is 5.91 Å². The summed E-state index contributed by atoms with van der Waals surface area (Å²) in [6.07, 6.45) is 0. The normalized spacial score (nSPS) is 15.9. The van der Waals surface area contributed by atoms with Gasteiger partial charge in [0, 0.05) is 38.3 Å². The Kier molecular flexibility index (Phi) is 7.21. The van der Waals surface area contributed by atoms with Crippen molar-refractivity contribution in [1.82, 2.24) is 15.2 Å². The van der Waals surface area contributed by atoms with Crippen molar-refractivity contribution < 1.29 is 14.6 Å². The topological polar surface area (TPSA) is 77.4 Å². The van der Waals surface area contributed by atoms with E-state index in [4.69, 9.17) is 4.74 Å². The lowest BCUT2D eigenvalue weighted by Crippen LogP contribution is -2.48. The summed E-state index contributed by atoms with van der Waals surface area (Å²) in [6.45, 7) is 6.68. The van der Waals surface area contributed by atoms with Crippen LogP contribution in [-0.2, 0) is 11.3 Å². The fraction of sp³-hybridized carbons (Fsp3) is 0.364. The van der Waals surface area contributed by atoms with E-state index in [2.05, 4.69) is 44.6 Å². The Bertz CT molecular complexity index is 846. The van der Waals surface area contributed by atoms with Crippen molar-refractivity contribution in [2.45, 2.75) is 13.5 Å². The van der Waals surface area contributed by atoms with E-state index >= 15 is 0 Å². The molecule has 0 radical (unpaired) electrons. The number of hydrogen-bond acceptors (Lipinski definition) is 6. The number of nitrogens with zero attached hydrogens (tertiary/aromatic N) is 3. The number of methoxy groups -OCH3 is 1. The monoisotopic (exact) mass is 396 g/mol. The summed E-state index contributed by atoms with van der Waals surface area (Å²) in [5, 5.41) is 13.9. The first-order valence-corrected chi connectivity index (χ1v) is 9.74. The molecule has 2 aromatic rings. The van der Waals surface area contributed by atoms with Crippen molar-refractivity contribution in [3.63, 3.8) is 0 Å². The standard InChI is InChI=1S/C22H28N4O3/c1-17(19-8-9-20(27)21(14-19)29-2)23-24-22(28)16-26-12-10-25(11-13-26)15-18-6-4-3-5-7-18/h3-9,14,27H,10-13,15-16H2,1-2H3,(H,24,28)/b23-17+. The van der Waals surface area contributed by atoms with Crippen LogP contribution in [-0.4, -0.2) is 66.4 Å². The third-order valence-electron chi connectivity index (χ3n) is 5.03. The zero-order chi connectivity index (χ0) is 20.6. The Hall–Kier alpha value is -2.90. The van der Waals surface area contributed by atoms with Gasteiger partial charge in [0.2, 0.25) is 0 Å². The molecule has 0 spiro atoms. The highest BCUT2D eigenvalue weighted by atomic mass is 16.5. The van der Waals surface area contributed by atoms with E-state index in [0.29, 0.717) is 18.0 Å². The van der Waals surface area contributed by atoms with Crippen LogP contribution in [0.4, 0.5) is 0 Å². The van der Waals surface area contributed by atoms with Gasteiger partial charge in [-0.25, -0.2) is 5.43 Å². The van der Waals surface area contributed by atoms with Gasteiger partial charge in [-0.05, 0) is 30.7 Å². The molecule has 0 aromatic heterocycles. The highest BCUT2D eigenvalue weighted by Gasteiger charge is 2.19. The number of carbonyl (C=O) groups excluding carboxylic acids is 1. The summed E-state index contributed by atoms with van der Waals surface area (Å²) in [7, 11) is 1.49. The van der Waals surface area contributed by atoms with Crippen LogP contribution in [0.3, 0.4) is 0 Å². The minimum Gasteiger partial charge on any atom is -0.504 e. The van der Waals surface area contributed by atoms with Crippen molar-refractivity contribution in [3.05, 3.63) is 59.7 Å². The molecule has 1 aliphatic heterocycles. The van der Waals surface area contributed by atoms with Crippen LogP contribution in [0.5, 0.6) is 11.5 Å². The molecular formula is C22H28N4O3. The Morgan fingerprint density at radius 2 is 1.79 bits per heavy atom. The molecule has 154 valence electrons. The summed E-state index contributed by atoms with van der Waals surface area (Å²) >= 11 is 0. The number of hydrazone groups is 1. The van der Waals surface area contributed by atoms with Crippen LogP contribution in [0.25, 0.3) is 0 Å². The molecule has 29 heavy (non-hydrogen) atoms. The third-order valence-corrected chi connectivity index (χ3v) is 5.03. The number of aromatic hydroxyl groups is 1. The van der Waals surface area contributed by atoms with Crippen molar-refractivity contribution >= 4 is 11.6 Å². The molecule has 0 aliphatic carbocycles. The predicted octanol–water partition coefficient (Wildman–Crippen LogP) is 2.06. The molecule has 1 amide bonds. The number of ether oxygens (including phenoxy) is 1. The number of carbonyl (C=O) groups is 1. The van der Waals surface area contributed by atoms with Crippen molar-refractivity contribution in [1.29, 1.82) is 0 Å². The van der Waals surface area contributed by atoms with Crippen molar-refractivity contribution in [2.24, 2.45) is 5.10 Å². The van der Waals surface area contributed by atoms with Gasteiger partial charge >= 0.3 is 0 Å². The van der Waals surface area contributed by atoms with Crippen molar-refractivity contribution in [2.75, 3.05) is 39.8 Å². The van der Waals surface area contributed by atoms with Crippen molar-refractivity contribution in [3.8, 4) is 11.5 Å². The second-order valence-electron chi connectivity index (χ2n) is 7.16. The third kappa shape index (κ3) is 6.04. The highest BCUT2D eigenvalue weighted by Crippen LogP contribution is 2.26. The number of nitrogens with one attached hydrogen (secondary N) is 1. The van der Waals surface area contributed by atoms with E-state index in [1.807, 2.05) is 6.07 Å². The SMILES string of the molecule is COc1cc(/C(C)=N/NC(=O)CN2CCN(Cc3ccccc3)CC2)ccc1O. The molecule has 1 fully saturated rings. The zero-order valence-corrected chi connectivity index (χ0v) is 17.0.